The summed E-state index contributed by atoms with van der Waals surface area (Å²) in [5, 5.41) is 1.96. The van der Waals surface area contributed by atoms with Crippen molar-refractivity contribution in [2.24, 2.45) is 11.7 Å². The normalized spacial score (nSPS) is 14.8. The Morgan fingerprint density at radius 2 is 2.00 bits per heavy atom. The number of esters is 1. The van der Waals surface area contributed by atoms with Gasteiger partial charge in [0, 0.05) is 19.0 Å². The van der Waals surface area contributed by atoms with Gasteiger partial charge >= 0.3 is 5.97 Å². The number of amides is 2. The lowest BCUT2D eigenvalue weighted by Gasteiger charge is -2.30. The zero-order valence-corrected chi connectivity index (χ0v) is 15.8. The molecule has 142 valence electrons. The molecule has 8 heteroatoms. The van der Waals surface area contributed by atoms with Crippen LogP contribution < -0.4 is 5.73 Å². The fraction of sp³-hybridized carbons (Fsp3) is 0.368. The monoisotopic (exact) mass is 387 g/mol. The summed E-state index contributed by atoms with van der Waals surface area (Å²) in [5.41, 5.74) is 6.99. The van der Waals surface area contributed by atoms with E-state index >= 15 is 0 Å². The van der Waals surface area contributed by atoms with Crippen molar-refractivity contribution in [1.82, 2.24) is 9.88 Å². The molecule has 1 fully saturated rings. The molecule has 0 aliphatic carbocycles. The molecule has 2 amide bonds. The Kier molecular flexibility index (Phi) is 5.85. The maximum absolute atomic E-state index is 12.3. The predicted octanol–water partition coefficient (Wildman–Crippen LogP) is 2.00. The Hall–Kier alpha value is -2.74. The summed E-state index contributed by atoms with van der Waals surface area (Å²) >= 11 is 1.57. The highest BCUT2D eigenvalue weighted by Crippen LogP contribution is 2.24. The summed E-state index contributed by atoms with van der Waals surface area (Å²) in [6.07, 6.45) is 1.09. The van der Waals surface area contributed by atoms with Gasteiger partial charge in [-0.25, -0.2) is 4.79 Å². The standard InChI is InChI=1S/C19H21N3O4S/c1-12-14(4-5-15(21-12)16-3-2-10-27-16)19(25)26-11-17(23)22-8-6-13(7-9-22)18(20)24/h2-5,10,13H,6-9,11H2,1H3,(H2,20,24). The molecule has 0 atom stereocenters. The number of piperidine rings is 1. The van der Waals surface area contributed by atoms with Crippen LogP contribution in [0.5, 0.6) is 0 Å². The number of hydrogen-bond acceptors (Lipinski definition) is 6. The second kappa shape index (κ2) is 8.30. The smallest absolute Gasteiger partial charge is 0.340 e. The van der Waals surface area contributed by atoms with Gasteiger partial charge in [-0.2, -0.15) is 0 Å². The molecule has 0 unspecified atom stereocenters. The molecule has 0 saturated carbocycles. The molecule has 1 saturated heterocycles. The van der Waals surface area contributed by atoms with Gasteiger partial charge in [-0.3, -0.25) is 14.6 Å². The lowest BCUT2D eigenvalue weighted by atomic mass is 9.96. The lowest BCUT2D eigenvalue weighted by molar-refractivity contribution is -0.137. The van der Waals surface area contributed by atoms with Gasteiger partial charge in [0.1, 0.15) is 0 Å². The van der Waals surface area contributed by atoms with E-state index in [-0.39, 0.29) is 24.3 Å². The molecule has 3 heterocycles. The Bertz CT molecular complexity index is 843. The molecule has 7 nitrogen and oxygen atoms in total. The van der Waals surface area contributed by atoms with Crippen molar-refractivity contribution >= 4 is 29.1 Å². The first kappa shape index (κ1) is 19.0. The first-order valence-corrected chi connectivity index (χ1v) is 9.59. The van der Waals surface area contributed by atoms with E-state index < -0.39 is 5.97 Å². The van der Waals surface area contributed by atoms with Crippen LogP contribution in [0.2, 0.25) is 0 Å². The largest absolute Gasteiger partial charge is 0.452 e. The third kappa shape index (κ3) is 4.51. The van der Waals surface area contributed by atoms with Gasteiger partial charge in [-0.1, -0.05) is 6.07 Å². The highest BCUT2D eigenvalue weighted by atomic mass is 32.1. The summed E-state index contributed by atoms with van der Waals surface area (Å²) in [6, 6.07) is 7.34. The van der Waals surface area contributed by atoms with Crippen molar-refractivity contribution in [1.29, 1.82) is 0 Å². The van der Waals surface area contributed by atoms with Gasteiger partial charge in [0.15, 0.2) is 6.61 Å². The van der Waals surface area contributed by atoms with E-state index in [9.17, 15) is 14.4 Å². The van der Waals surface area contributed by atoms with Crippen LogP contribution in [-0.4, -0.2) is 47.4 Å². The zero-order chi connectivity index (χ0) is 19.4. The molecule has 2 aromatic heterocycles. The van der Waals surface area contributed by atoms with E-state index in [4.69, 9.17) is 10.5 Å². The van der Waals surface area contributed by atoms with Crippen molar-refractivity contribution < 1.29 is 19.1 Å². The molecular formula is C19H21N3O4S. The first-order valence-electron chi connectivity index (χ1n) is 8.71. The predicted molar refractivity (Wildman–Crippen MR) is 101 cm³/mol. The first-order chi connectivity index (χ1) is 13.0. The Balaban J connectivity index is 1.55. The minimum absolute atomic E-state index is 0.188. The molecule has 2 aromatic rings. The van der Waals surface area contributed by atoms with Gasteiger partial charge in [-0.05, 0) is 43.3 Å². The summed E-state index contributed by atoms with van der Waals surface area (Å²) in [4.78, 5) is 42.8. The molecule has 0 spiro atoms. The molecule has 27 heavy (non-hydrogen) atoms. The molecule has 2 N–H and O–H groups in total. The van der Waals surface area contributed by atoms with E-state index in [1.54, 1.807) is 35.3 Å². The third-order valence-corrected chi connectivity index (χ3v) is 5.55. The third-order valence-electron chi connectivity index (χ3n) is 4.66. The van der Waals surface area contributed by atoms with Crippen LogP contribution in [0.4, 0.5) is 0 Å². The molecular weight excluding hydrogens is 366 g/mol. The number of nitrogens with two attached hydrogens (primary N) is 1. The topological polar surface area (TPSA) is 103 Å². The van der Waals surface area contributed by atoms with Crippen LogP contribution in [0.25, 0.3) is 10.6 Å². The van der Waals surface area contributed by atoms with Crippen LogP contribution in [0.15, 0.2) is 29.6 Å². The van der Waals surface area contributed by atoms with Gasteiger partial charge in [0.25, 0.3) is 5.91 Å². The summed E-state index contributed by atoms with van der Waals surface area (Å²) in [7, 11) is 0. The number of aromatic nitrogens is 1. The fourth-order valence-corrected chi connectivity index (χ4v) is 3.74. The average molecular weight is 387 g/mol. The SMILES string of the molecule is Cc1nc(-c2cccs2)ccc1C(=O)OCC(=O)N1CCC(C(N)=O)CC1. The Labute approximate surface area is 161 Å². The lowest BCUT2D eigenvalue weighted by Crippen LogP contribution is -2.43. The van der Waals surface area contributed by atoms with Crippen LogP contribution in [0, 0.1) is 12.8 Å². The minimum Gasteiger partial charge on any atom is -0.452 e. The number of ether oxygens (including phenoxy) is 1. The highest BCUT2D eigenvalue weighted by Gasteiger charge is 2.26. The average Bonchev–Trinajstić information content (AvgIpc) is 3.20. The maximum Gasteiger partial charge on any atom is 0.340 e. The second-order valence-electron chi connectivity index (χ2n) is 6.44. The highest BCUT2D eigenvalue weighted by molar-refractivity contribution is 7.13. The van der Waals surface area contributed by atoms with Crippen molar-refractivity contribution in [3.63, 3.8) is 0 Å². The zero-order valence-electron chi connectivity index (χ0n) is 15.0. The Morgan fingerprint density at radius 1 is 1.26 bits per heavy atom. The van der Waals surface area contributed by atoms with Crippen LogP contribution in [-0.2, 0) is 14.3 Å². The number of carbonyl (C=O) groups excluding carboxylic acids is 3. The van der Waals surface area contributed by atoms with Crippen molar-refractivity contribution in [3.8, 4) is 10.6 Å². The van der Waals surface area contributed by atoms with Gasteiger partial charge in [0.2, 0.25) is 5.91 Å². The number of pyridine rings is 1. The molecule has 0 aromatic carbocycles. The van der Waals surface area contributed by atoms with E-state index in [1.165, 1.54) is 0 Å². The number of primary amides is 1. The van der Waals surface area contributed by atoms with E-state index in [0.717, 1.165) is 10.6 Å². The van der Waals surface area contributed by atoms with Crippen LogP contribution in [0.1, 0.15) is 28.9 Å². The number of aryl methyl sites for hydroxylation is 1. The van der Waals surface area contributed by atoms with Crippen LogP contribution in [0.3, 0.4) is 0 Å². The summed E-state index contributed by atoms with van der Waals surface area (Å²) in [6.45, 7) is 2.30. The molecule has 0 bridgehead atoms. The van der Waals surface area contributed by atoms with Gasteiger partial charge < -0.3 is 15.4 Å². The Morgan fingerprint density at radius 3 is 2.59 bits per heavy atom. The summed E-state index contributed by atoms with van der Waals surface area (Å²) in [5.74, 6) is -1.36. The van der Waals surface area contributed by atoms with Crippen LogP contribution >= 0.6 is 11.3 Å². The molecule has 3 rings (SSSR count). The number of thiophene rings is 1. The summed E-state index contributed by atoms with van der Waals surface area (Å²) < 4.78 is 5.17. The molecule has 0 radical (unpaired) electrons. The van der Waals surface area contributed by atoms with Gasteiger partial charge in [0.05, 0.1) is 21.8 Å². The number of nitrogens with zero attached hydrogens (tertiary/aromatic N) is 2. The minimum atomic E-state index is -0.571. The van der Waals surface area contributed by atoms with Crippen molar-refractivity contribution in [2.75, 3.05) is 19.7 Å². The van der Waals surface area contributed by atoms with E-state index in [2.05, 4.69) is 4.98 Å². The number of carbonyl (C=O) groups is 3. The maximum atomic E-state index is 12.3. The fourth-order valence-electron chi connectivity index (χ4n) is 3.05. The second-order valence-corrected chi connectivity index (χ2v) is 7.39. The number of hydrogen-bond donors (Lipinski definition) is 1. The van der Waals surface area contributed by atoms with Crippen molar-refractivity contribution in [3.05, 3.63) is 40.9 Å². The number of likely N-dealkylation sites (tertiary alicyclic amines) is 1. The number of rotatable bonds is 5. The van der Waals surface area contributed by atoms with Crippen molar-refractivity contribution in [2.45, 2.75) is 19.8 Å². The van der Waals surface area contributed by atoms with E-state index in [1.807, 2.05) is 17.5 Å². The van der Waals surface area contributed by atoms with E-state index in [0.29, 0.717) is 37.2 Å². The van der Waals surface area contributed by atoms with Gasteiger partial charge in [-0.15, -0.1) is 11.3 Å². The molecule has 1 aliphatic heterocycles. The molecule has 1 aliphatic rings. The quantitative estimate of drug-likeness (QED) is 0.791.